The summed E-state index contributed by atoms with van der Waals surface area (Å²) in [5.74, 6) is 0. The summed E-state index contributed by atoms with van der Waals surface area (Å²) in [6.45, 7) is 3.10. The van der Waals surface area contributed by atoms with Gasteiger partial charge in [0.1, 0.15) is 0 Å². The van der Waals surface area contributed by atoms with Gasteiger partial charge in [0, 0.05) is 16.0 Å². The molecule has 0 radical (unpaired) electrons. The molecule has 1 atom stereocenters. The van der Waals surface area contributed by atoms with Gasteiger partial charge in [-0.3, -0.25) is 0 Å². The van der Waals surface area contributed by atoms with E-state index < -0.39 is 0 Å². The van der Waals surface area contributed by atoms with Gasteiger partial charge in [-0.15, -0.1) is 11.8 Å². The van der Waals surface area contributed by atoms with E-state index in [2.05, 4.69) is 48.8 Å². The first-order valence-electron chi connectivity index (χ1n) is 6.85. The highest BCUT2D eigenvalue weighted by molar-refractivity contribution is 7.98. The second-order valence-corrected chi connectivity index (χ2v) is 5.97. The molecule has 0 saturated carbocycles. The topological polar surface area (TPSA) is 12.0 Å². The summed E-state index contributed by atoms with van der Waals surface area (Å²) in [4.78, 5) is 1.33. The van der Waals surface area contributed by atoms with Crippen LogP contribution in [0, 0.1) is 0 Å². The van der Waals surface area contributed by atoms with Crippen molar-refractivity contribution in [3.05, 3.63) is 64.7 Å². The third-order valence-corrected chi connectivity index (χ3v) is 4.34. The summed E-state index contributed by atoms with van der Waals surface area (Å²) in [6.07, 6.45) is 3.08. The Morgan fingerprint density at radius 1 is 1.15 bits per heavy atom. The fourth-order valence-electron chi connectivity index (χ4n) is 2.39. The second kappa shape index (κ2) is 7.72. The molecule has 106 valence electrons. The molecular formula is C17H20ClNS. The summed E-state index contributed by atoms with van der Waals surface area (Å²) in [7, 11) is 0. The van der Waals surface area contributed by atoms with Gasteiger partial charge >= 0.3 is 0 Å². The van der Waals surface area contributed by atoms with Crippen molar-refractivity contribution in [3.63, 3.8) is 0 Å². The van der Waals surface area contributed by atoms with Gasteiger partial charge in [-0.25, -0.2) is 0 Å². The highest BCUT2D eigenvalue weighted by Crippen LogP contribution is 2.28. The van der Waals surface area contributed by atoms with Gasteiger partial charge in [0.2, 0.25) is 0 Å². The second-order valence-electron chi connectivity index (χ2n) is 4.69. The number of benzene rings is 2. The van der Waals surface area contributed by atoms with Gasteiger partial charge in [0.25, 0.3) is 0 Å². The Kier molecular flexibility index (Phi) is 5.96. The Labute approximate surface area is 130 Å². The van der Waals surface area contributed by atoms with Crippen molar-refractivity contribution >= 4 is 23.4 Å². The molecule has 0 aromatic heterocycles. The minimum absolute atomic E-state index is 0.321. The lowest BCUT2D eigenvalue weighted by molar-refractivity contribution is 0.542. The summed E-state index contributed by atoms with van der Waals surface area (Å²) in [5.41, 5.74) is 2.63. The Balaban J connectivity index is 2.26. The maximum absolute atomic E-state index is 6.09. The average molecular weight is 306 g/mol. The van der Waals surface area contributed by atoms with Crippen LogP contribution >= 0.6 is 23.4 Å². The number of halogens is 1. The Morgan fingerprint density at radius 3 is 2.65 bits per heavy atom. The maximum atomic E-state index is 6.09. The van der Waals surface area contributed by atoms with Crippen molar-refractivity contribution in [1.82, 2.24) is 5.32 Å². The van der Waals surface area contributed by atoms with Gasteiger partial charge < -0.3 is 5.32 Å². The van der Waals surface area contributed by atoms with E-state index in [0.29, 0.717) is 6.04 Å². The van der Waals surface area contributed by atoms with Crippen LogP contribution in [0.3, 0.4) is 0 Å². The molecule has 0 spiro atoms. The smallest absolute Gasteiger partial charge is 0.0408 e. The number of thioether (sulfide) groups is 1. The van der Waals surface area contributed by atoms with Gasteiger partial charge in [0.15, 0.2) is 0 Å². The average Bonchev–Trinajstić information content (AvgIpc) is 2.47. The van der Waals surface area contributed by atoms with Gasteiger partial charge in [-0.1, -0.05) is 48.9 Å². The Morgan fingerprint density at radius 2 is 1.95 bits per heavy atom. The van der Waals surface area contributed by atoms with E-state index in [1.807, 2.05) is 18.2 Å². The number of nitrogens with one attached hydrogen (secondary N) is 1. The zero-order chi connectivity index (χ0) is 14.4. The van der Waals surface area contributed by atoms with Crippen LogP contribution in [0.1, 0.15) is 24.1 Å². The van der Waals surface area contributed by atoms with Crippen LogP contribution in [-0.2, 0) is 6.42 Å². The van der Waals surface area contributed by atoms with Crippen LogP contribution in [0.5, 0.6) is 0 Å². The highest BCUT2D eigenvalue weighted by Gasteiger charge is 2.14. The molecule has 2 rings (SSSR count). The van der Waals surface area contributed by atoms with Crippen LogP contribution in [0.15, 0.2) is 53.4 Å². The zero-order valence-corrected chi connectivity index (χ0v) is 13.5. The number of rotatable bonds is 6. The molecule has 1 unspecified atom stereocenters. The third-order valence-electron chi connectivity index (χ3n) is 3.29. The zero-order valence-electron chi connectivity index (χ0n) is 11.9. The van der Waals surface area contributed by atoms with Crippen LogP contribution in [0.25, 0.3) is 0 Å². The summed E-state index contributed by atoms with van der Waals surface area (Å²) in [6, 6.07) is 17.0. The maximum Gasteiger partial charge on any atom is 0.0408 e. The van der Waals surface area contributed by atoms with E-state index in [0.717, 1.165) is 18.0 Å². The third kappa shape index (κ3) is 4.02. The van der Waals surface area contributed by atoms with Crippen molar-refractivity contribution in [1.29, 1.82) is 0 Å². The van der Waals surface area contributed by atoms with Gasteiger partial charge in [-0.2, -0.15) is 0 Å². The fourth-order valence-corrected chi connectivity index (χ4v) is 3.27. The molecule has 1 nitrogen and oxygen atoms in total. The molecule has 20 heavy (non-hydrogen) atoms. The molecule has 0 saturated heterocycles. The van der Waals surface area contributed by atoms with E-state index in [1.165, 1.54) is 16.0 Å². The molecule has 0 heterocycles. The normalized spacial score (nSPS) is 12.3. The lowest BCUT2D eigenvalue weighted by atomic mass is 9.99. The van der Waals surface area contributed by atoms with E-state index in [4.69, 9.17) is 11.6 Å². The highest BCUT2D eigenvalue weighted by atomic mass is 35.5. The van der Waals surface area contributed by atoms with Crippen LogP contribution in [-0.4, -0.2) is 12.8 Å². The Hall–Kier alpha value is -0.960. The Bertz CT molecular complexity index is 556. The quantitative estimate of drug-likeness (QED) is 0.757. The predicted molar refractivity (Wildman–Crippen MR) is 89.8 cm³/mol. The predicted octanol–water partition coefficient (Wildman–Crippen LogP) is 4.96. The first-order valence-corrected chi connectivity index (χ1v) is 8.45. The minimum atomic E-state index is 0.321. The molecule has 1 N–H and O–H groups in total. The first-order chi connectivity index (χ1) is 9.74. The largest absolute Gasteiger partial charge is 0.310 e. The first kappa shape index (κ1) is 15.4. The molecule has 0 aliphatic carbocycles. The molecule has 3 heteroatoms. The molecule has 2 aromatic rings. The molecule has 0 amide bonds. The minimum Gasteiger partial charge on any atom is -0.310 e. The van der Waals surface area contributed by atoms with Crippen molar-refractivity contribution in [2.75, 3.05) is 12.8 Å². The number of likely N-dealkylation sites (N-methyl/N-ethyl adjacent to an activating group) is 1. The summed E-state index contributed by atoms with van der Waals surface area (Å²) >= 11 is 7.88. The lowest BCUT2D eigenvalue weighted by Crippen LogP contribution is -2.23. The lowest BCUT2D eigenvalue weighted by Gasteiger charge is -2.21. The molecule has 0 fully saturated rings. The van der Waals surface area contributed by atoms with E-state index in [9.17, 15) is 0 Å². The van der Waals surface area contributed by atoms with Gasteiger partial charge in [-0.05, 0) is 48.5 Å². The fraction of sp³-hybridized carbons (Fsp3) is 0.294. The SMILES string of the molecule is CCNC(Cc1cccc(Cl)c1)c1ccccc1SC. The van der Waals surface area contributed by atoms with Crippen molar-refractivity contribution in [3.8, 4) is 0 Å². The van der Waals surface area contributed by atoms with Crippen LogP contribution < -0.4 is 5.32 Å². The van der Waals surface area contributed by atoms with Crippen molar-refractivity contribution < 1.29 is 0 Å². The van der Waals surface area contributed by atoms with Crippen molar-refractivity contribution in [2.24, 2.45) is 0 Å². The molecule has 2 aromatic carbocycles. The molecule has 0 bridgehead atoms. The number of hydrogen-bond donors (Lipinski definition) is 1. The number of hydrogen-bond acceptors (Lipinski definition) is 2. The van der Waals surface area contributed by atoms with Gasteiger partial charge in [0.05, 0.1) is 0 Å². The van der Waals surface area contributed by atoms with Crippen molar-refractivity contribution in [2.45, 2.75) is 24.3 Å². The summed E-state index contributed by atoms with van der Waals surface area (Å²) in [5, 5.41) is 4.39. The monoisotopic (exact) mass is 305 g/mol. The van der Waals surface area contributed by atoms with Crippen LogP contribution in [0.2, 0.25) is 5.02 Å². The molecule has 0 aliphatic rings. The molecule has 0 aliphatic heterocycles. The van der Waals surface area contributed by atoms with Crippen LogP contribution in [0.4, 0.5) is 0 Å². The molecular weight excluding hydrogens is 286 g/mol. The summed E-state index contributed by atoms with van der Waals surface area (Å²) < 4.78 is 0. The standard InChI is InChI=1S/C17H20ClNS/c1-3-19-16(12-13-7-6-8-14(18)11-13)15-9-4-5-10-17(15)20-2/h4-11,16,19H,3,12H2,1-2H3. The van der Waals surface area contributed by atoms with E-state index >= 15 is 0 Å². The van der Waals surface area contributed by atoms with E-state index in [-0.39, 0.29) is 0 Å². The van der Waals surface area contributed by atoms with E-state index in [1.54, 1.807) is 11.8 Å².